The zero-order valence-corrected chi connectivity index (χ0v) is 9.53. The third-order valence-corrected chi connectivity index (χ3v) is 2.24. The monoisotopic (exact) mass is 250 g/mol. The highest BCUT2D eigenvalue weighted by molar-refractivity contribution is 5.89. The van der Waals surface area contributed by atoms with Gasteiger partial charge in [-0.15, -0.1) is 24.8 Å². The number of nitrogens with one attached hydrogen (secondary N) is 1. The van der Waals surface area contributed by atoms with E-state index in [2.05, 4.69) is 10.3 Å². The molecule has 1 aromatic rings. The Hall–Kier alpha value is -0.840. The molecular weight excluding hydrogens is 239 g/mol. The quantitative estimate of drug-likeness (QED) is 0.789. The van der Waals surface area contributed by atoms with Crippen LogP contribution in [0.1, 0.15) is 21.5 Å². The summed E-state index contributed by atoms with van der Waals surface area (Å²) < 4.78 is 0. The summed E-state index contributed by atoms with van der Waals surface area (Å²) in [5.41, 5.74) is 2.28. The highest BCUT2D eigenvalue weighted by Gasteiger charge is 2.16. The number of carbonyl (C=O) groups is 1. The molecule has 1 aliphatic heterocycles. The van der Waals surface area contributed by atoms with Gasteiger partial charge in [0, 0.05) is 18.9 Å². The van der Waals surface area contributed by atoms with Crippen LogP contribution in [0, 0.1) is 0 Å². The second kappa shape index (κ2) is 5.90. The first kappa shape index (κ1) is 14.2. The van der Waals surface area contributed by atoms with Crippen molar-refractivity contribution in [1.29, 1.82) is 0 Å². The van der Waals surface area contributed by atoms with Crippen molar-refractivity contribution in [2.24, 2.45) is 0 Å². The van der Waals surface area contributed by atoms with Crippen LogP contribution in [0.2, 0.25) is 0 Å². The van der Waals surface area contributed by atoms with E-state index >= 15 is 0 Å². The average Bonchev–Trinajstić information content (AvgIpc) is 2.17. The summed E-state index contributed by atoms with van der Waals surface area (Å²) in [6.07, 6.45) is 3.93. The van der Waals surface area contributed by atoms with Crippen LogP contribution in [0.3, 0.4) is 0 Å². The third kappa shape index (κ3) is 2.81. The molecule has 2 N–H and O–H groups in total. The lowest BCUT2D eigenvalue weighted by molar-refractivity contribution is 0.0695. The average molecular weight is 251 g/mol. The number of rotatable bonds is 1. The van der Waals surface area contributed by atoms with Crippen LogP contribution >= 0.6 is 24.8 Å². The number of carboxylic acids is 1. The Bertz CT molecular complexity index is 358. The Morgan fingerprint density at radius 3 is 2.80 bits per heavy atom. The van der Waals surface area contributed by atoms with E-state index in [1.165, 1.54) is 6.20 Å². The number of hydrogen-bond donors (Lipinski definition) is 2. The molecule has 0 fully saturated rings. The van der Waals surface area contributed by atoms with Crippen LogP contribution in [0.15, 0.2) is 12.4 Å². The third-order valence-electron chi connectivity index (χ3n) is 2.24. The fraction of sp³-hybridized carbons (Fsp3) is 0.333. The number of hydrogen-bond acceptors (Lipinski definition) is 3. The van der Waals surface area contributed by atoms with Crippen LogP contribution in [0.4, 0.5) is 0 Å². The Labute approximate surface area is 99.9 Å². The molecule has 2 rings (SSSR count). The summed E-state index contributed by atoms with van der Waals surface area (Å²) in [6.45, 7) is 1.57. The summed E-state index contributed by atoms with van der Waals surface area (Å²) in [6, 6.07) is 0. The molecule has 0 radical (unpaired) electrons. The van der Waals surface area contributed by atoms with Gasteiger partial charge in [0.1, 0.15) is 0 Å². The molecule has 0 atom stereocenters. The van der Waals surface area contributed by atoms with E-state index < -0.39 is 5.97 Å². The molecule has 1 aromatic heterocycles. The first-order chi connectivity index (χ1) is 6.29. The van der Waals surface area contributed by atoms with E-state index in [0.29, 0.717) is 5.56 Å². The van der Waals surface area contributed by atoms with Crippen molar-refractivity contribution in [2.75, 3.05) is 6.54 Å². The summed E-state index contributed by atoms with van der Waals surface area (Å²) in [5.74, 6) is -0.883. The van der Waals surface area contributed by atoms with Gasteiger partial charge >= 0.3 is 5.97 Å². The molecule has 15 heavy (non-hydrogen) atoms. The number of aromatic nitrogens is 1. The van der Waals surface area contributed by atoms with E-state index in [1.807, 2.05) is 0 Å². The predicted molar refractivity (Wildman–Crippen MR) is 61.1 cm³/mol. The Balaban J connectivity index is 0.000000980. The zero-order valence-electron chi connectivity index (χ0n) is 7.90. The van der Waals surface area contributed by atoms with Crippen molar-refractivity contribution >= 4 is 30.8 Å². The van der Waals surface area contributed by atoms with Gasteiger partial charge in [-0.3, -0.25) is 4.98 Å². The van der Waals surface area contributed by atoms with Crippen molar-refractivity contribution in [2.45, 2.75) is 13.0 Å². The van der Waals surface area contributed by atoms with Crippen molar-refractivity contribution < 1.29 is 9.90 Å². The Morgan fingerprint density at radius 2 is 2.13 bits per heavy atom. The van der Waals surface area contributed by atoms with Crippen LogP contribution in [-0.2, 0) is 13.0 Å². The molecule has 0 aromatic carbocycles. The van der Waals surface area contributed by atoms with Gasteiger partial charge in [-0.2, -0.15) is 0 Å². The van der Waals surface area contributed by atoms with Gasteiger partial charge in [-0.1, -0.05) is 0 Å². The van der Waals surface area contributed by atoms with Gasteiger partial charge < -0.3 is 10.4 Å². The minimum absolute atomic E-state index is 0. The highest BCUT2D eigenvalue weighted by Crippen LogP contribution is 2.16. The molecule has 0 aliphatic carbocycles. The number of nitrogens with zero attached hydrogens (tertiary/aromatic N) is 1. The van der Waals surface area contributed by atoms with Crippen LogP contribution < -0.4 is 5.32 Å². The van der Waals surface area contributed by atoms with Crippen molar-refractivity contribution in [3.05, 3.63) is 29.1 Å². The summed E-state index contributed by atoms with van der Waals surface area (Å²) in [4.78, 5) is 14.7. The second-order valence-electron chi connectivity index (χ2n) is 3.06. The second-order valence-corrected chi connectivity index (χ2v) is 3.06. The number of fused-ring (bicyclic) bond motifs is 1. The van der Waals surface area contributed by atoms with E-state index in [4.69, 9.17) is 5.11 Å². The van der Waals surface area contributed by atoms with E-state index in [0.717, 1.165) is 30.6 Å². The standard InChI is InChI=1S/C9H10N2O2.2ClH/c12-9(13)8-5-11-4-6-3-10-2-1-7(6)8;;/h4-5,10H,1-3H2,(H,12,13);2*1H. The number of halogens is 2. The SMILES string of the molecule is Cl.Cl.O=C(O)c1cncc2c1CCNC2. The maximum Gasteiger partial charge on any atom is 0.337 e. The minimum atomic E-state index is -0.883. The molecule has 1 aliphatic rings. The van der Waals surface area contributed by atoms with Gasteiger partial charge in [0.2, 0.25) is 0 Å². The number of carboxylic acid groups (broad SMARTS) is 1. The van der Waals surface area contributed by atoms with Crippen LogP contribution in [-0.4, -0.2) is 22.6 Å². The number of aromatic carboxylic acids is 1. The molecule has 6 heteroatoms. The lowest BCUT2D eigenvalue weighted by atomic mass is 9.98. The summed E-state index contributed by atoms with van der Waals surface area (Å²) in [5, 5.41) is 12.1. The Kier molecular flexibility index (Phi) is 5.57. The molecule has 2 heterocycles. The molecule has 0 saturated carbocycles. The zero-order chi connectivity index (χ0) is 9.26. The number of pyridine rings is 1. The first-order valence-corrected chi connectivity index (χ1v) is 4.19. The molecule has 0 bridgehead atoms. The molecule has 4 nitrogen and oxygen atoms in total. The van der Waals surface area contributed by atoms with Gasteiger partial charge in [0.25, 0.3) is 0 Å². The van der Waals surface area contributed by atoms with Crippen LogP contribution in [0.25, 0.3) is 0 Å². The summed E-state index contributed by atoms with van der Waals surface area (Å²) >= 11 is 0. The fourth-order valence-electron chi connectivity index (χ4n) is 1.60. The van der Waals surface area contributed by atoms with Crippen molar-refractivity contribution in [3.8, 4) is 0 Å². The van der Waals surface area contributed by atoms with Gasteiger partial charge in [0.05, 0.1) is 5.56 Å². The lowest BCUT2D eigenvalue weighted by Crippen LogP contribution is -2.25. The normalized spacial score (nSPS) is 13.1. The topological polar surface area (TPSA) is 62.2 Å². The highest BCUT2D eigenvalue weighted by atomic mass is 35.5. The molecule has 0 unspecified atom stereocenters. The van der Waals surface area contributed by atoms with E-state index in [1.54, 1.807) is 6.20 Å². The fourth-order valence-corrected chi connectivity index (χ4v) is 1.60. The maximum absolute atomic E-state index is 10.8. The lowest BCUT2D eigenvalue weighted by Gasteiger charge is -2.17. The molecular formula is C9H12Cl2N2O2. The molecule has 84 valence electrons. The van der Waals surface area contributed by atoms with Crippen LogP contribution in [0.5, 0.6) is 0 Å². The molecule has 0 saturated heterocycles. The minimum Gasteiger partial charge on any atom is -0.478 e. The molecule has 0 spiro atoms. The van der Waals surface area contributed by atoms with Gasteiger partial charge in [-0.25, -0.2) is 4.79 Å². The maximum atomic E-state index is 10.8. The molecule has 0 amide bonds. The van der Waals surface area contributed by atoms with E-state index in [-0.39, 0.29) is 24.8 Å². The van der Waals surface area contributed by atoms with Crippen molar-refractivity contribution in [3.63, 3.8) is 0 Å². The smallest absolute Gasteiger partial charge is 0.337 e. The van der Waals surface area contributed by atoms with Gasteiger partial charge in [-0.05, 0) is 24.1 Å². The van der Waals surface area contributed by atoms with Crippen molar-refractivity contribution in [1.82, 2.24) is 10.3 Å². The predicted octanol–water partition coefficient (Wildman–Crippen LogP) is 1.27. The first-order valence-electron chi connectivity index (χ1n) is 4.19. The Morgan fingerprint density at radius 1 is 1.40 bits per heavy atom. The summed E-state index contributed by atoms with van der Waals surface area (Å²) in [7, 11) is 0. The van der Waals surface area contributed by atoms with Gasteiger partial charge in [0.15, 0.2) is 0 Å². The van der Waals surface area contributed by atoms with E-state index in [9.17, 15) is 4.79 Å². The largest absolute Gasteiger partial charge is 0.478 e.